The SMILES string of the molecule is CC(CCCBr)NC(=O)C1OCCC1C. The highest BCUT2D eigenvalue weighted by atomic mass is 79.9. The summed E-state index contributed by atoms with van der Waals surface area (Å²) in [7, 11) is 0. The van der Waals surface area contributed by atoms with Gasteiger partial charge in [0.15, 0.2) is 0 Å². The second-order valence-corrected chi connectivity index (χ2v) is 5.09. The van der Waals surface area contributed by atoms with Gasteiger partial charge in [-0.05, 0) is 32.1 Å². The Morgan fingerprint density at radius 2 is 2.40 bits per heavy atom. The van der Waals surface area contributed by atoms with Crippen molar-refractivity contribution in [1.29, 1.82) is 0 Å². The van der Waals surface area contributed by atoms with E-state index in [0.717, 1.165) is 31.2 Å². The first-order chi connectivity index (χ1) is 7.15. The third-order valence-corrected chi connectivity index (χ3v) is 3.37. The zero-order valence-corrected chi connectivity index (χ0v) is 11.0. The second kappa shape index (κ2) is 6.48. The molecule has 0 radical (unpaired) electrons. The molecule has 0 saturated carbocycles. The fraction of sp³-hybridized carbons (Fsp3) is 0.909. The van der Waals surface area contributed by atoms with Crippen molar-refractivity contribution in [2.24, 2.45) is 5.92 Å². The Labute approximate surface area is 100 Å². The van der Waals surface area contributed by atoms with E-state index in [-0.39, 0.29) is 18.1 Å². The number of ether oxygens (including phenoxy) is 1. The molecular formula is C11H20BrNO2. The molecular weight excluding hydrogens is 258 g/mol. The molecule has 3 unspecified atom stereocenters. The standard InChI is InChI=1S/C11H20BrNO2/c1-8-5-7-15-10(8)11(14)13-9(2)4-3-6-12/h8-10H,3-7H2,1-2H3,(H,13,14). The Bertz CT molecular complexity index is 211. The molecule has 0 bridgehead atoms. The summed E-state index contributed by atoms with van der Waals surface area (Å²) in [6, 6.07) is 0.242. The van der Waals surface area contributed by atoms with Crippen LogP contribution in [-0.4, -0.2) is 30.0 Å². The molecule has 1 rings (SSSR count). The highest BCUT2D eigenvalue weighted by molar-refractivity contribution is 9.09. The molecule has 4 heteroatoms. The summed E-state index contributed by atoms with van der Waals surface area (Å²) in [5, 5.41) is 3.99. The van der Waals surface area contributed by atoms with Gasteiger partial charge < -0.3 is 10.1 Å². The summed E-state index contributed by atoms with van der Waals surface area (Å²) in [5.41, 5.74) is 0. The Kier molecular flexibility index (Phi) is 5.61. The number of hydrogen-bond donors (Lipinski definition) is 1. The molecule has 1 saturated heterocycles. The lowest BCUT2D eigenvalue weighted by atomic mass is 10.0. The van der Waals surface area contributed by atoms with Crippen LogP contribution in [0.4, 0.5) is 0 Å². The fourth-order valence-electron chi connectivity index (χ4n) is 1.81. The Balaban J connectivity index is 2.28. The topological polar surface area (TPSA) is 38.3 Å². The molecule has 0 aromatic rings. The van der Waals surface area contributed by atoms with E-state index in [1.165, 1.54) is 0 Å². The number of amides is 1. The molecule has 0 spiro atoms. The lowest BCUT2D eigenvalue weighted by molar-refractivity contribution is -0.132. The summed E-state index contributed by atoms with van der Waals surface area (Å²) in [4.78, 5) is 11.8. The largest absolute Gasteiger partial charge is 0.368 e. The van der Waals surface area contributed by atoms with Gasteiger partial charge >= 0.3 is 0 Å². The van der Waals surface area contributed by atoms with Gasteiger partial charge in [-0.15, -0.1) is 0 Å². The minimum absolute atomic E-state index is 0.0575. The lowest BCUT2D eigenvalue weighted by Gasteiger charge is -2.18. The van der Waals surface area contributed by atoms with Gasteiger partial charge in [0, 0.05) is 18.0 Å². The summed E-state index contributed by atoms with van der Waals surface area (Å²) in [5.74, 6) is 0.412. The minimum Gasteiger partial charge on any atom is -0.368 e. The molecule has 1 N–H and O–H groups in total. The average Bonchev–Trinajstić information content (AvgIpc) is 2.61. The van der Waals surface area contributed by atoms with Gasteiger partial charge in [0.1, 0.15) is 6.10 Å². The minimum atomic E-state index is -0.226. The van der Waals surface area contributed by atoms with Crippen LogP contribution in [0.2, 0.25) is 0 Å². The van der Waals surface area contributed by atoms with Crippen molar-refractivity contribution in [2.45, 2.75) is 45.3 Å². The molecule has 1 aliphatic heterocycles. The van der Waals surface area contributed by atoms with Crippen molar-refractivity contribution in [2.75, 3.05) is 11.9 Å². The van der Waals surface area contributed by atoms with Crippen molar-refractivity contribution in [3.8, 4) is 0 Å². The molecule has 0 aromatic heterocycles. The maximum absolute atomic E-state index is 11.8. The van der Waals surface area contributed by atoms with E-state index in [0.29, 0.717) is 5.92 Å². The van der Waals surface area contributed by atoms with E-state index >= 15 is 0 Å². The van der Waals surface area contributed by atoms with Gasteiger partial charge in [-0.2, -0.15) is 0 Å². The summed E-state index contributed by atoms with van der Waals surface area (Å²) in [6.45, 7) is 4.83. The molecule has 1 amide bonds. The molecule has 1 heterocycles. The summed E-state index contributed by atoms with van der Waals surface area (Å²) < 4.78 is 5.41. The molecule has 88 valence electrons. The van der Waals surface area contributed by atoms with E-state index in [9.17, 15) is 4.79 Å². The predicted molar refractivity (Wildman–Crippen MR) is 64.2 cm³/mol. The van der Waals surface area contributed by atoms with Crippen molar-refractivity contribution < 1.29 is 9.53 Å². The van der Waals surface area contributed by atoms with E-state index in [1.807, 2.05) is 6.92 Å². The maximum atomic E-state index is 11.8. The number of nitrogens with one attached hydrogen (secondary N) is 1. The van der Waals surface area contributed by atoms with Crippen LogP contribution >= 0.6 is 15.9 Å². The summed E-state index contributed by atoms with van der Waals surface area (Å²) in [6.07, 6.45) is 2.87. The van der Waals surface area contributed by atoms with Crippen LogP contribution in [0.25, 0.3) is 0 Å². The number of carbonyl (C=O) groups is 1. The normalized spacial score (nSPS) is 27.7. The monoisotopic (exact) mass is 277 g/mol. The van der Waals surface area contributed by atoms with Crippen LogP contribution in [0.3, 0.4) is 0 Å². The van der Waals surface area contributed by atoms with E-state index in [1.54, 1.807) is 0 Å². The first-order valence-electron chi connectivity index (χ1n) is 5.63. The first-order valence-corrected chi connectivity index (χ1v) is 6.75. The van der Waals surface area contributed by atoms with Crippen LogP contribution < -0.4 is 5.32 Å². The molecule has 0 aromatic carbocycles. The predicted octanol–water partition coefficient (Wildman–Crippen LogP) is 2.09. The quantitative estimate of drug-likeness (QED) is 0.782. The van der Waals surface area contributed by atoms with Crippen molar-refractivity contribution in [1.82, 2.24) is 5.32 Å². The number of alkyl halides is 1. The van der Waals surface area contributed by atoms with Gasteiger partial charge in [-0.1, -0.05) is 22.9 Å². The molecule has 1 aliphatic rings. The Hall–Kier alpha value is -0.0900. The van der Waals surface area contributed by atoms with Crippen molar-refractivity contribution in [3.63, 3.8) is 0 Å². The zero-order valence-electron chi connectivity index (χ0n) is 9.46. The van der Waals surface area contributed by atoms with E-state index < -0.39 is 0 Å². The third-order valence-electron chi connectivity index (χ3n) is 2.81. The molecule has 3 atom stereocenters. The second-order valence-electron chi connectivity index (χ2n) is 4.30. The van der Waals surface area contributed by atoms with E-state index in [4.69, 9.17) is 4.74 Å². The van der Waals surface area contributed by atoms with Crippen molar-refractivity contribution in [3.05, 3.63) is 0 Å². The van der Waals surface area contributed by atoms with Gasteiger partial charge in [0.05, 0.1) is 0 Å². The van der Waals surface area contributed by atoms with Crippen LogP contribution in [0, 0.1) is 5.92 Å². The number of halogens is 1. The lowest BCUT2D eigenvalue weighted by Crippen LogP contribution is -2.41. The Morgan fingerprint density at radius 3 is 2.93 bits per heavy atom. The van der Waals surface area contributed by atoms with Gasteiger partial charge in [0.25, 0.3) is 0 Å². The highest BCUT2D eigenvalue weighted by Gasteiger charge is 2.31. The third kappa shape index (κ3) is 4.11. The summed E-state index contributed by atoms with van der Waals surface area (Å²) >= 11 is 3.38. The van der Waals surface area contributed by atoms with Gasteiger partial charge in [-0.3, -0.25) is 4.79 Å². The number of carbonyl (C=O) groups excluding carboxylic acids is 1. The first kappa shape index (κ1) is 13.0. The molecule has 1 fully saturated rings. The van der Waals surface area contributed by atoms with Crippen LogP contribution in [0.5, 0.6) is 0 Å². The Morgan fingerprint density at radius 1 is 1.67 bits per heavy atom. The van der Waals surface area contributed by atoms with Crippen molar-refractivity contribution >= 4 is 21.8 Å². The molecule has 15 heavy (non-hydrogen) atoms. The maximum Gasteiger partial charge on any atom is 0.249 e. The smallest absolute Gasteiger partial charge is 0.249 e. The van der Waals surface area contributed by atoms with Gasteiger partial charge in [-0.25, -0.2) is 0 Å². The average molecular weight is 278 g/mol. The van der Waals surface area contributed by atoms with Crippen LogP contribution in [0.1, 0.15) is 33.1 Å². The van der Waals surface area contributed by atoms with Gasteiger partial charge in [0.2, 0.25) is 5.91 Å². The number of rotatable bonds is 5. The van der Waals surface area contributed by atoms with Crippen LogP contribution in [-0.2, 0) is 9.53 Å². The molecule has 3 nitrogen and oxygen atoms in total. The fourth-order valence-corrected chi connectivity index (χ4v) is 2.13. The zero-order chi connectivity index (χ0) is 11.3. The number of hydrogen-bond acceptors (Lipinski definition) is 2. The highest BCUT2D eigenvalue weighted by Crippen LogP contribution is 2.20. The molecule has 0 aliphatic carbocycles. The van der Waals surface area contributed by atoms with E-state index in [2.05, 4.69) is 28.2 Å². The van der Waals surface area contributed by atoms with Crippen LogP contribution in [0.15, 0.2) is 0 Å².